The molecule has 88 valence electrons. The number of halogens is 4. The van der Waals surface area contributed by atoms with Crippen LogP contribution >= 0.6 is 46.4 Å². The highest BCUT2D eigenvalue weighted by molar-refractivity contribution is 6.44. The summed E-state index contributed by atoms with van der Waals surface area (Å²) in [5, 5.41) is 2.23. The predicted octanol–water partition coefficient (Wildman–Crippen LogP) is 6.28. The van der Waals surface area contributed by atoms with Crippen molar-refractivity contribution >= 4 is 46.4 Å². The van der Waals surface area contributed by atoms with Crippen LogP contribution in [0.5, 0.6) is 0 Å². The highest BCUT2D eigenvalue weighted by Crippen LogP contribution is 2.36. The van der Waals surface area contributed by atoms with Crippen molar-refractivity contribution in [2.45, 2.75) is 6.92 Å². The van der Waals surface area contributed by atoms with Crippen molar-refractivity contribution in [2.24, 2.45) is 0 Å². The minimum atomic E-state index is 0.450. The number of hydrogen-bond acceptors (Lipinski definition) is 0. The van der Waals surface area contributed by atoms with Crippen molar-refractivity contribution in [2.75, 3.05) is 0 Å². The molecule has 0 amide bonds. The third kappa shape index (κ3) is 2.71. The molecule has 0 bridgehead atoms. The Morgan fingerprint density at radius 3 is 2.00 bits per heavy atom. The third-order valence-corrected chi connectivity index (χ3v) is 3.94. The first kappa shape index (κ1) is 13.0. The Hall–Kier alpha value is -0.400. The summed E-state index contributed by atoms with van der Waals surface area (Å²) in [6, 6.07) is 9.11. The van der Waals surface area contributed by atoms with Crippen molar-refractivity contribution in [3.63, 3.8) is 0 Å². The summed E-state index contributed by atoms with van der Waals surface area (Å²) in [5.41, 5.74) is 2.81. The average molecular weight is 306 g/mol. The lowest BCUT2D eigenvalue weighted by Crippen LogP contribution is -1.83. The Balaban J connectivity index is 2.60. The van der Waals surface area contributed by atoms with Gasteiger partial charge in [-0.2, -0.15) is 0 Å². The van der Waals surface area contributed by atoms with E-state index in [1.54, 1.807) is 12.1 Å². The number of rotatable bonds is 1. The zero-order chi connectivity index (χ0) is 12.6. The molecular weight excluding hydrogens is 298 g/mol. The van der Waals surface area contributed by atoms with Crippen LogP contribution in [-0.2, 0) is 0 Å². The van der Waals surface area contributed by atoms with E-state index in [1.807, 2.05) is 25.1 Å². The first-order valence-corrected chi connectivity index (χ1v) is 6.41. The van der Waals surface area contributed by atoms with Gasteiger partial charge in [-0.25, -0.2) is 0 Å². The summed E-state index contributed by atoms with van der Waals surface area (Å²) in [4.78, 5) is 0. The lowest BCUT2D eigenvalue weighted by molar-refractivity contribution is 1.46. The summed E-state index contributed by atoms with van der Waals surface area (Å²) in [6.07, 6.45) is 0. The Bertz CT molecular complexity index is 576. The van der Waals surface area contributed by atoms with Gasteiger partial charge in [-0.05, 0) is 42.3 Å². The third-order valence-electron chi connectivity index (χ3n) is 2.48. The van der Waals surface area contributed by atoms with Gasteiger partial charge in [0.25, 0.3) is 0 Å². The molecule has 0 aromatic heterocycles. The Morgan fingerprint density at radius 2 is 1.35 bits per heavy atom. The molecular formula is C13H8Cl4. The fourth-order valence-electron chi connectivity index (χ4n) is 1.56. The molecule has 0 saturated carbocycles. The van der Waals surface area contributed by atoms with Crippen LogP contribution in [0, 0.1) is 6.92 Å². The van der Waals surface area contributed by atoms with Gasteiger partial charge in [-0.1, -0.05) is 52.5 Å². The SMILES string of the molecule is Cc1cc(-c2cc(Cl)c(Cl)cc2Cl)ccc1Cl. The van der Waals surface area contributed by atoms with Crippen molar-refractivity contribution in [1.82, 2.24) is 0 Å². The van der Waals surface area contributed by atoms with E-state index in [0.29, 0.717) is 15.1 Å². The van der Waals surface area contributed by atoms with Crippen molar-refractivity contribution in [3.8, 4) is 11.1 Å². The lowest BCUT2D eigenvalue weighted by Gasteiger charge is -2.08. The van der Waals surface area contributed by atoms with Gasteiger partial charge in [-0.15, -0.1) is 0 Å². The molecule has 0 spiro atoms. The second kappa shape index (κ2) is 5.07. The van der Waals surface area contributed by atoms with Crippen LogP contribution in [0.2, 0.25) is 20.1 Å². The van der Waals surface area contributed by atoms with Crippen molar-refractivity contribution in [3.05, 3.63) is 56.0 Å². The van der Waals surface area contributed by atoms with E-state index < -0.39 is 0 Å². The van der Waals surface area contributed by atoms with Gasteiger partial charge in [0.1, 0.15) is 0 Å². The largest absolute Gasteiger partial charge is 0.0841 e. The highest BCUT2D eigenvalue weighted by Gasteiger charge is 2.09. The van der Waals surface area contributed by atoms with Gasteiger partial charge in [-0.3, -0.25) is 0 Å². The summed E-state index contributed by atoms with van der Waals surface area (Å²) in [5.74, 6) is 0. The maximum absolute atomic E-state index is 6.15. The normalized spacial score (nSPS) is 10.6. The minimum absolute atomic E-state index is 0.450. The van der Waals surface area contributed by atoms with Gasteiger partial charge >= 0.3 is 0 Å². The zero-order valence-corrected chi connectivity index (χ0v) is 11.9. The molecule has 0 unspecified atom stereocenters. The summed E-state index contributed by atoms with van der Waals surface area (Å²) >= 11 is 24.0. The smallest absolute Gasteiger partial charge is 0.0607 e. The van der Waals surface area contributed by atoms with Crippen molar-refractivity contribution < 1.29 is 0 Å². The van der Waals surface area contributed by atoms with E-state index in [0.717, 1.165) is 21.7 Å². The number of aryl methyl sites for hydroxylation is 1. The van der Waals surface area contributed by atoms with E-state index in [-0.39, 0.29) is 0 Å². The molecule has 0 aliphatic heterocycles. The topological polar surface area (TPSA) is 0 Å². The minimum Gasteiger partial charge on any atom is -0.0841 e. The van der Waals surface area contributed by atoms with Crippen LogP contribution in [0.3, 0.4) is 0 Å². The van der Waals surface area contributed by atoms with E-state index in [4.69, 9.17) is 46.4 Å². The quantitative estimate of drug-likeness (QED) is 0.544. The second-order valence-corrected chi connectivity index (χ2v) is 5.34. The highest BCUT2D eigenvalue weighted by atomic mass is 35.5. The summed E-state index contributed by atoms with van der Waals surface area (Å²) in [6.45, 7) is 1.94. The molecule has 0 aliphatic carbocycles. The first-order valence-electron chi connectivity index (χ1n) is 4.90. The van der Waals surface area contributed by atoms with E-state index in [9.17, 15) is 0 Å². The van der Waals surface area contributed by atoms with Gasteiger partial charge in [0.2, 0.25) is 0 Å². The molecule has 0 aliphatic rings. The molecule has 0 nitrogen and oxygen atoms in total. The fraction of sp³-hybridized carbons (Fsp3) is 0.0769. The molecule has 2 aromatic carbocycles. The monoisotopic (exact) mass is 304 g/mol. The molecule has 2 aromatic rings. The van der Waals surface area contributed by atoms with E-state index in [2.05, 4.69) is 0 Å². The van der Waals surface area contributed by atoms with Crippen LogP contribution in [0.1, 0.15) is 5.56 Å². The van der Waals surface area contributed by atoms with Gasteiger partial charge in [0.05, 0.1) is 10.0 Å². The summed E-state index contributed by atoms with van der Waals surface area (Å²) in [7, 11) is 0. The average Bonchev–Trinajstić information content (AvgIpc) is 2.27. The van der Waals surface area contributed by atoms with E-state index in [1.165, 1.54) is 0 Å². The number of hydrogen-bond donors (Lipinski definition) is 0. The molecule has 0 saturated heterocycles. The Labute approximate surface area is 120 Å². The van der Waals surface area contributed by atoms with Crippen LogP contribution < -0.4 is 0 Å². The van der Waals surface area contributed by atoms with Gasteiger partial charge in [0.15, 0.2) is 0 Å². The molecule has 2 rings (SSSR count). The number of benzene rings is 2. The van der Waals surface area contributed by atoms with E-state index >= 15 is 0 Å². The second-order valence-electron chi connectivity index (χ2n) is 3.71. The van der Waals surface area contributed by atoms with Gasteiger partial charge < -0.3 is 0 Å². The van der Waals surface area contributed by atoms with Crippen LogP contribution in [-0.4, -0.2) is 0 Å². The zero-order valence-electron chi connectivity index (χ0n) is 8.90. The molecule has 0 heterocycles. The van der Waals surface area contributed by atoms with Crippen LogP contribution in [0.15, 0.2) is 30.3 Å². The van der Waals surface area contributed by atoms with Gasteiger partial charge in [0, 0.05) is 15.6 Å². The molecule has 4 heteroatoms. The maximum Gasteiger partial charge on any atom is 0.0607 e. The lowest BCUT2D eigenvalue weighted by atomic mass is 10.0. The predicted molar refractivity (Wildman–Crippen MR) is 76.7 cm³/mol. The molecule has 0 N–H and O–H groups in total. The van der Waals surface area contributed by atoms with Crippen LogP contribution in [0.25, 0.3) is 11.1 Å². The molecule has 0 fully saturated rings. The van der Waals surface area contributed by atoms with Crippen molar-refractivity contribution in [1.29, 1.82) is 0 Å². The fourth-order valence-corrected chi connectivity index (χ4v) is 2.33. The molecule has 17 heavy (non-hydrogen) atoms. The maximum atomic E-state index is 6.15. The Morgan fingerprint density at radius 1 is 0.706 bits per heavy atom. The summed E-state index contributed by atoms with van der Waals surface area (Å²) < 4.78 is 0. The standard InChI is InChI=1S/C13H8Cl4/c1-7-4-8(2-3-10(7)14)9-5-12(16)13(17)6-11(9)15/h2-6H,1H3. The Kier molecular flexibility index (Phi) is 3.89. The van der Waals surface area contributed by atoms with Crippen LogP contribution in [0.4, 0.5) is 0 Å². The molecule has 0 radical (unpaired) electrons. The molecule has 0 atom stereocenters. The first-order chi connectivity index (χ1) is 7.99.